The van der Waals surface area contributed by atoms with Crippen LogP contribution in [0.15, 0.2) is 0 Å². The van der Waals surface area contributed by atoms with Gasteiger partial charge in [0.05, 0.1) is 0 Å². The maximum Gasteiger partial charge on any atom is -0.0000126 e. The molecule has 0 amide bonds. The largest absolute Gasteiger partial charge is 0.316 e. The minimum Gasteiger partial charge on any atom is -0.316 e. The van der Waals surface area contributed by atoms with Gasteiger partial charge in [0.25, 0.3) is 0 Å². The molecule has 0 saturated heterocycles. The van der Waals surface area contributed by atoms with E-state index in [1.54, 1.807) is 0 Å². The highest BCUT2D eigenvalue weighted by atomic mass is 14.9. The van der Waals surface area contributed by atoms with Crippen molar-refractivity contribution in [2.45, 2.75) is 79.1 Å². The molecule has 0 bridgehead atoms. The lowest BCUT2D eigenvalue weighted by atomic mass is 9.97. The molecular weight excluding hydrogens is 194 g/mol. The van der Waals surface area contributed by atoms with Crippen LogP contribution in [0.5, 0.6) is 0 Å². The molecule has 0 aromatic carbocycles. The van der Waals surface area contributed by atoms with Crippen LogP contribution in [0.2, 0.25) is 0 Å². The normalized spacial score (nSPS) is 12.0. The van der Waals surface area contributed by atoms with E-state index in [4.69, 9.17) is 0 Å². The highest BCUT2D eigenvalue weighted by Gasteiger charge is 2.07. The summed E-state index contributed by atoms with van der Waals surface area (Å²) in [5, 5.41) is 3.54. The summed E-state index contributed by atoms with van der Waals surface area (Å²) in [6.45, 7) is 11.5. The first-order chi connectivity index (χ1) is 7.56. The first kappa shape index (κ1) is 16.0. The fraction of sp³-hybridized carbons (Fsp3) is 1.00. The minimum absolute atomic E-state index is 0.431. The van der Waals surface area contributed by atoms with Crippen molar-refractivity contribution >= 4 is 0 Å². The van der Waals surface area contributed by atoms with Crippen LogP contribution in [0.4, 0.5) is 0 Å². The molecule has 16 heavy (non-hydrogen) atoms. The minimum atomic E-state index is 0.431. The van der Waals surface area contributed by atoms with E-state index in [1.807, 2.05) is 0 Å². The molecule has 0 rings (SSSR count). The van der Waals surface area contributed by atoms with E-state index in [0.29, 0.717) is 5.41 Å². The van der Waals surface area contributed by atoms with E-state index >= 15 is 0 Å². The molecule has 0 aliphatic rings. The molecule has 0 aliphatic heterocycles. The first-order valence-corrected chi connectivity index (χ1v) is 7.27. The van der Waals surface area contributed by atoms with Crippen molar-refractivity contribution in [1.82, 2.24) is 5.32 Å². The van der Waals surface area contributed by atoms with Gasteiger partial charge in [-0.1, -0.05) is 72.6 Å². The zero-order valence-electron chi connectivity index (χ0n) is 12.1. The van der Waals surface area contributed by atoms with Crippen LogP contribution in [-0.2, 0) is 0 Å². The van der Waals surface area contributed by atoms with Gasteiger partial charge in [0.15, 0.2) is 0 Å². The smallest absolute Gasteiger partial charge is 0.0000126 e. The molecule has 1 heteroatoms. The van der Waals surface area contributed by atoms with Gasteiger partial charge >= 0.3 is 0 Å². The van der Waals surface area contributed by atoms with Crippen molar-refractivity contribution in [2.75, 3.05) is 13.1 Å². The Bertz CT molecular complexity index is 135. The molecule has 0 aromatic heterocycles. The van der Waals surface area contributed by atoms with Crippen LogP contribution < -0.4 is 5.32 Å². The van der Waals surface area contributed by atoms with Crippen LogP contribution >= 0.6 is 0 Å². The standard InChI is InChI=1S/C15H33N/c1-5-6-7-8-9-10-11-12-13-16-14-15(2,3)4/h16H,5-14H2,1-4H3. The third kappa shape index (κ3) is 14.0. The lowest BCUT2D eigenvalue weighted by Gasteiger charge is -2.18. The Labute approximate surface area is 103 Å². The Morgan fingerprint density at radius 1 is 0.750 bits per heavy atom. The summed E-state index contributed by atoms with van der Waals surface area (Å²) in [6, 6.07) is 0. The average molecular weight is 227 g/mol. The van der Waals surface area contributed by atoms with E-state index in [9.17, 15) is 0 Å². The first-order valence-electron chi connectivity index (χ1n) is 7.27. The van der Waals surface area contributed by atoms with Gasteiger partial charge in [-0.2, -0.15) is 0 Å². The van der Waals surface area contributed by atoms with Gasteiger partial charge in [-0.15, -0.1) is 0 Å². The van der Waals surface area contributed by atoms with Crippen molar-refractivity contribution in [3.05, 3.63) is 0 Å². The van der Waals surface area contributed by atoms with Crippen molar-refractivity contribution < 1.29 is 0 Å². The average Bonchev–Trinajstić information content (AvgIpc) is 2.19. The molecular formula is C15H33N. The van der Waals surface area contributed by atoms with E-state index in [2.05, 4.69) is 33.0 Å². The summed E-state index contributed by atoms with van der Waals surface area (Å²) < 4.78 is 0. The van der Waals surface area contributed by atoms with Crippen molar-refractivity contribution in [2.24, 2.45) is 5.41 Å². The highest BCUT2D eigenvalue weighted by molar-refractivity contribution is 4.64. The number of hydrogen-bond acceptors (Lipinski definition) is 1. The molecule has 0 atom stereocenters. The molecule has 98 valence electrons. The second-order valence-corrected chi connectivity index (χ2v) is 6.21. The van der Waals surface area contributed by atoms with Gasteiger partial charge in [-0.25, -0.2) is 0 Å². The second-order valence-electron chi connectivity index (χ2n) is 6.21. The summed E-state index contributed by atoms with van der Waals surface area (Å²) >= 11 is 0. The Kier molecular flexibility index (Phi) is 10.1. The number of hydrogen-bond donors (Lipinski definition) is 1. The SMILES string of the molecule is CCCCCCCCCCNCC(C)(C)C. The molecule has 0 unspecified atom stereocenters. The van der Waals surface area contributed by atoms with Crippen molar-refractivity contribution in [1.29, 1.82) is 0 Å². The summed E-state index contributed by atoms with van der Waals surface area (Å²) in [5.41, 5.74) is 0.431. The van der Waals surface area contributed by atoms with Gasteiger partial charge in [0.1, 0.15) is 0 Å². The molecule has 0 spiro atoms. The van der Waals surface area contributed by atoms with E-state index in [0.717, 1.165) is 6.54 Å². The maximum absolute atomic E-state index is 3.54. The van der Waals surface area contributed by atoms with Gasteiger partial charge in [-0.05, 0) is 24.9 Å². The second kappa shape index (κ2) is 10.1. The van der Waals surface area contributed by atoms with E-state index < -0.39 is 0 Å². The number of nitrogens with one attached hydrogen (secondary N) is 1. The molecule has 0 aliphatic carbocycles. The van der Waals surface area contributed by atoms with E-state index in [-0.39, 0.29) is 0 Å². The zero-order valence-corrected chi connectivity index (χ0v) is 12.1. The fourth-order valence-corrected chi connectivity index (χ4v) is 1.85. The van der Waals surface area contributed by atoms with Gasteiger partial charge in [0, 0.05) is 0 Å². The third-order valence-electron chi connectivity index (χ3n) is 2.86. The third-order valence-corrected chi connectivity index (χ3v) is 2.86. The Balaban J connectivity index is 2.99. The van der Waals surface area contributed by atoms with Crippen molar-refractivity contribution in [3.8, 4) is 0 Å². The zero-order chi connectivity index (χ0) is 12.3. The van der Waals surface area contributed by atoms with Crippen molar-refractivity contribution in [3.63, 3.8) is 0 Å². The summed E-state index contributed by atoms with van der Waals surface area (Å²) in [6.07, 6.45) is 11.3. The van der Waals surface area contributed by atoms with Gasteiger partial charge in [-0.3, -0.25) is 0 Å². The fourth-order valence-electron chi connectivity index (χ4n) is 1.85. The van der Waals surface area contributed by atoms with Crippen LogP contribution in [-0.4, -0.2) is 13.1 Å². The topological polar surface area (TPSA) is 12.0 Å². The lowest BCUT2D eigenvalue weighted by Crippen LogP contribution is -2.27. The maximum atomic E-state index is 3.54. The van der Waals surface area contributed by atoms with E-state index in [1.165, 1.54) is 57.9 Å². The quantitative estimate of drug-likeness (QED) is 0.530. The highest BCUT2D eigenvalue weighted by Crippen LogP contribution is 2.11. The predicted octanol–water partition coefficient (Wildman–Crippen LogP) is 4.76. The number of unbranched alkanes of at least 4 members (excludes halogenated alkanes) is 7. The molecule has 0 aromatic rings. The predicted molar refractivity (Wildman–Crippen MR) is 74.9 cm³/mol. The Hall–Kier alpha value is -0.0400. The molecule has 0 fully saturated rings. The molecule has 1 nitrogen and oxygen atoms in total. The summed E-state index contributed by atoms with van der Waals surface area (Å²) in [4.78, 5) is 0. The Morgan fingerprint density at radius 2 is 1.25 bits per heavy atom. The molecule has 0 saturated carbocycles. The monoisotopic (exact) mass is 227 g/mol. The molecule has 0 heterocycles. The lowest BCUT2D eigenvalue weighted by molar-refractivity contribution is 0.377. The molecule has 0 radical (unpaired) electrons. The van der Waals surface area contributed by atoms with Gasteiger partial charge < -0.3 is 5.32 Å². The Morgan fingerprint density at radius 3 is 1.75 bits per heavy atom. The summed E-state index contributed by atoms with van der Waals surface area (Å²) in [7, 11) is 0. The van der Waals surface area contributed by atoms with Crippen LogP contribution in [0.25, 0.3) is 0 Å². The van der Waals surface area contributed by atoms with Gasteiger partial charge in [0.2, 0.25) is 0 Å². The number of rotatable bonds is 10. The van der Waals surface area contributed by atoms with Crippen LogP contribution in [0.1, 0.15) is 79.1 Å². The summed E-state index contributed by atoms with van der Waals surface area (Å²) in [5.74, 6) is 0. The molecule has 1 N–H and O–H groups in total. The van der Waals surface area contributed by atoms with Crippen LogP contribution in [0.3, 0.4) is 0 Å². The van der Waals surface area contributed by atoms with Crippen LogP contribution in [0, 0.1) is 5.41 Å².